The molecule has 0 fully saturated rings. The molecule has 0 N–H and O–H groups in total. The van der Waals surface area contributed by atoms with Crippen molar-refractivity contribution in [2.45, 2.75) is 6.18 Å². The third kappa shape index (κ3) is 1.98. The van der Waals surface area contributed by atoms with E-state index in [0.29, 0.717) is 4.68 Å². The highest BCUT2D eigenvalue weighted by Crippen LogP contribution is 2.26. The van der Waals surface area contributed by atoms with Crippen LogP contribution in [0.15, 0.2) is 33.5 Å². The first kappa shape index (κ1) is 11.9. The topological polar surface area (TPSA) is 71.8 Å². The van der Waals surface area contributed by atoms with Gasteiger partial charge in [-0.15, -0.1) is 5.10 Å². The van der Waals surface area contributed by atoms with Gasteiger partial charge in [0.2, 0.25) is 0 Å². The maximum Gasteiger partial charge on any atom is 0.470 e. The summed E-state index contributed by atoms with van der Waals surface area (Å²) in [5.74, 6) is -2.95. The number of alkyl halides is 3. The molecule has 0 aliphatic rings. The van der Waals surface area contributed by atoms with Gasteiger partial charge in [0.05, 0.1) is 11.3 Å². The summed E-state index contributed by atoms with van der Waals surface area (Å²) >= 11 is 0. The first-order valence-electron chi connectivity index (χ1n) is 4.60. The Morgan fingerprint density at radius 1 is 1.33 bits per heavy atom. The number of rotatable bonds is 1. The fourth-order valence-corrected chi connectivity index (χ4v) is 1.30. The number of para-hydroxylation sites is 1. The van der Waals surface area contributed by atoms with Crippen LogP contribution < -0.4 is 5.76 Å². The normalized spacial score (nSPS) is 11.2. The molecule has 0 spiro atoms. The zero-order valence-electron chi connectivity index (χ0n) is 8.60. The average Bonchev–Trinajstić information content (AvgIpc) is 2.71. The van der Waals surface area contributed by atoms with Gasteiger partial charge in [0.1, 0.15) is 6.07 Å². The number of aromatic nitrogens is 2. The zero-order valence-corrected chi connectivity index (χ0v) is 8.60. The molecule has 1 heterocycles. The number of hydrogen-bond acceptors (Lipinski definition) is 4. The molecule has 1 aromatic heterocycles. The molecule has 0 radical (unpaired) electrons. The highest BCUT2D eigenvalue weighted by Gasteiger charge is 2.38. The summed E-state index contributed by atoms with van der Waals surface area (Å²) in [4.78, 5) is 11.3. The van der Waals surface area contributed by atoms with Crippen molar-refractivity contribution in [2.24, 2.45) is 0 Å². The maximum absolute atomic E-state index is 12.3. The predicted molar refractivity (Wildman–Crippen MR) is 51.8 cm³/mol. The lowest BCUT2D eigenvalue weighted by atomic mass is 10.2. The third-order valence-corrected chi connectivity index (χ3v) is 2.04. The summed E-state index contributed by atoms with van der Waals surface area (Å²) in [5.41, 5.74) is -0.0501. The summed E-state index contributed by atoms with van der Waals surface area (Å²) in [6.45, 7) is 0. The van der Waals surface area contributed by atoms with E-state index in [1.54, 1.807) is 6.07 Å². The van der Waals surface area contributed by atoms with Gasteiger partial charge in [-0.2, -0.15) is 23.1 Å². The predicted octanol–water partition coefficient (Wildman–Crippen LogP) is 1.72. The van der Waals surface area contributed by atoms with Crippen LogP contribution in [0.3, 0.4) is 0 Å². The van der Waals surface area contributed by atoms with Crippen LogP contribution in [0.25, 0.3) is 5.69 Å². The van der Waals surface area contributed by atoms with Gasteiger partial charge in [-0.3, -0.25) is 0 Å². The van der Waals surface area contributed by atoms with Gasteiger partial charge in [0.15, 0.2) is 0 Å². The van der Waals surface area contributed by atoms with E-state index >= 15 is 0 Å². The Kier molecular flexibility index (Phi) is 2.67. The van der Waals surface area contributed by atoms with Crippen molar-refractivity contribution in [2.75, 3.05) is 0 Å². The molecule has 0 atom stereocenters. The van der Waals surface area contributed by atoms with Crippen molar-refractivity contribution in [1.82, 2.24) is 9.78 Å². The molecule has 92 valence electrons. The van der Waals surface area contributed by atoms with Gasteiger partial charge in [0, 0.05) is 0 Å². The van der Waals surface area contributed by atoms with Gasteiger partial charge < -0.3 is 4.42 Å². The average molecular weight is 255 g/mol. The van der Waals surface area contributed by atoms with Crippen molar-refractivity contribution in [3.8, 4) is 11.8 Å². The molecular weight excluding hydrogens is 251 g/mol. The summed E-state index contributed by atoms with van der Waals surface area (Å²) in [7, 11) is 0. The van der Waals surface area contributed by atoms with E-state index in [2.05, 4.69) is 9.52 Å². The van der Waals surface area contributed by atoms with E-state index in [4.69, 9.17) is 5.26 Å². The van der Waals surface area contributed by atoms with Gasteiger partial charge in [-0.1, -0.05) is 12.1 Å². The van der Waals surface area contributed by atoms with Gasteiger partial charge in [-0.25, -0.2) is 4.79 Å². The summed E-state index contributed by atoms with van der Waals surface area (Å²) in [6.07, 6.45) is -4.86. The van der Waals surface area contributed by atoms with Crippen LogP contribution >= 0.6 is 0 Å². The number of nitrogens with zero attached hydrogens (tertiary/aromatic N) is 3. The van der Waals surface area contributed by atoms with Crippen molar-refractivity contribution < 1.29 is 17.6 Å². The van der Waals surface area contributed by atoms with Crippen molar-refractivity contribution >= 4 is 0 Å². The fraction of sp³-hybridized carbons (Fsp3) is 0.100. The Labute approximate surface area is 97.7 Å². The molecule has 18 heavy (non-hydrogen) atoms. The highest BCUT2D eigenvalue weighted by molar-refractivity contribution is 5.47. The number of nitriles is 1. The van der Waals surface area contributed by atoms with Crippen LogP contribution in [0.2, 0.25) is 0 Å². The molecule has 0 bridgehead atoms. The van der Waals surface area contributed by atoms with E-state index in [-0.39, 0.29) is 11.3 Å². The summed E-state index contributed by atoms with van der Waals surface area (Å²) in [6, 6.07) is 7.37. The monoisotopic (exact) mass is 255 g/mol. The zero-order chi connectivity index (χ0) is 13.3. The Balaban J connectivity index is 2.63. The Hall–Kier alpha value is -2.56. The summed E-state index contributed by atoms with van der Waals surface area (Å²) in [5, 5.41) is 11.8. The molecule has 2 aromatic rings. The first-order chi connectivity index (χ1) is 8.43. The van der Waals surface area contributed by atoms with E-state index in [1.165, 1.54) is 24.3 Å². The number of halogens is 3. The molecule has 5 nitrogen and oxygen atoms in total. The third-order valence-electron chi connectivity index (χ3n) is 2.04. The van der Waals surface area contributed by atoms with Crippen LogP contribution in [0.4, 0.5) is 13.2 Å². The van der Waals surface area contributed by atoms with Crippen molar-refractivity contribution in [3.63, 3.8) is 0 Å². The molecular formula is C10H4F3N3O2. The molecule has 0 saturated heterocycles. The molecule has 0 saturated carbocycles. The van der Waals surface area contributed by atoms with Crippen LogP contribution in [-0.2, 0) is 6.18 Å². The van der Waals surface area contributed by atoms with E-state index in [1.807, 2.05) is 0 Å². The maximum atomic E-state index is 12.3. The molecule has 0 aliphatic heterocycles. The Morgan fingerprint density at radius 2 is 2.00 bits per heavy atom. The second kappa shape index (κ2) is 4.03. The van der Waals surface area contributed by atoms with E-state index in [0.717, 1.165) is 0 Å². The molecule has 8 heteroatoms. The second-order valence-electron chi connectivity index (χ2n) is 3.21. The smallest absolute Gasteiger partial charge is 0.383 e. The second-order valence-corrected chi connectivity index (χ2v) is 3.21. The SMILES string of the molecule is N#Cc1ccccc1-n1nc(C(F)(F)F)oc1=O. The lowest BCUT2D eigenvalue weighted by Gasteiger charge is -2.00. The highest BCUT2D eigenvalue weighted by atomic mass is 19.4. The summed E-state index contributed by atoms with van der Waals surface area (Å²) < 4.78 is 41.3. The van der Waals surface area contributed by atoms with Crippen LogP contribution in [0.1, 0.15) is 11.5 Å². The van der Waals surface area contributed by atoms with Crippen LogP contribution in [-0.4, -0.2) is 9.78 Å². The fourth-order valence-electron chi connectivity index (χ4n) is 1.30. The molecule has 0 unspecified atom stereocenters. The standard InChI is InChI=1S/C10H4F3N3O2/c11-10(12,13)8-15-16(9(17)18-8)7-4-2-1-3-6(7)5-14/h1-4H. The lowest BCUT2D eigenvalue weighted by molar-refractivity contribution is -0.157. The first-order valence-corrected chi connectivity index (χ1v) is 4.60. The largest absolute Gasteiger partial charge is 0.470 e. The van der Waals surface area contributed by atoms with Crippen LogP contribution in [0.5, 0.6) is 0 Å². The molecule has 2 rings (SSSR count). The van der Waals surface area contributed by atoms with E-state index < -0.39 is 17.8 Å². The molecule has 0 aliphatic carbocycles. The Bertz CT molecular complexity index is 679. The van der Waals surface area contributed by atoms with Crippen molar-refractivity contribution in [3.05, 3.63) is 46.3 Å². The molecule has 0 amide bonds. The number of hydrogen-bond donors (Lipinski definition) is 0. The quantitative estimate of drug-likeness (QED) is 0.777. The van der Waals surface area contributed by atoms with E-state index in [9.17, 15) is 18.0 Å². The van der Waals surface area contributed by atoms with Crippen molar-refractivity contribution in [1.29, 1.82) is 5.26 Å². The minimum Gasteiger partial charge on any atom is -0.383 e. The van der Waals surface area contributed by atoms with Gasteiger partial charge >= 0.3 is 17.8 Å². The minimum absolute atomic E-state index is 0.0154. The Morgan fingerprint density at radius 3 is 2.56 bits per heavy atom. The van der Waals surface area contributed by atoms with Gasteiger partial charge in [0.25, 0.3) is 0 Å². The molecule has 1 aromatic carbocycles. The lowest BCUT2D eigenvalue weighted by Crippen LogP contribution is -2.14. The van der Waals surface area contributed by atoms with Gasteiger partial charge in [-0.05, 0) is 12.1 Å². The minimum atomic E-state index is -4.86. The van der Waals surface area contributed by atoms with Crippen LogP contribution in [0, 0.1) is 11.3 Å². The number of benzene rings is 1.